The summed E-state index contributed by atoms with van der Waals surface area (Å²) in [7, 11) is 3.46. The number of halogens is 1. The summed E-state index contributed by atoms with van der Waals surface area (Å²) in [6.07, 6.45) is 2.48. The SMILES string of the molecule is COc1ccc(CN(C)C(=O)CNCC2CCCO2)cc1.Cl. The second-order valence-corrected chi connectivity index (χ2v) is 5.36. The van der Waals surface area contributed by atoms with Crippen molar-refractivity contribution < 1.29 is 14.3 Å². The molecule has 1 unspecified atom stereocenters. The molecule has 1 aromatic rings. The van der Waals surface area contributed by atoms with E-state index in [-0.39, 0.29) is 24.4 Å². The monoisotopic (exact) mass is 328 g/mol. The molecule has 1 amide bonds. The van der Waals surface area contributed by atoms with Crippen LogP contribution < -0.4 is 10.1 Å². The number of likely N-dealkylation sites (N-methyl/N-ethyl adjacent to an activating group) is 1. The largest absolute Gasteiger partial charge is 0.497 e. The van der Waals surface area contributed by atoms with E-state index in [1.165, 1.54) is 0 Å². The summed E-state index contributed by atoms with van der Waals surface area (Å²) in [4.78, 5) is 13.8. The number of rotatable bonds is 7. The summed E-state index contributed by atoms with van der Waals surface area (Å²) in [6, 6.07) is 7.76. The molecule has 1 N–H and O–H groups in total. The molecule has 0 bridgehead atoms. The number of ether oxygens (including phenoxy) is 2. The van der Waals surface area contributed by atoms with Gasteiger partial charge in [-0.05, 0) is 30.5 Å². The highest BCUT2D eigenvalue weighted by Gasteiger charge is 2.16. The van der Waals surface area contributed by atoms with Gasteiger partial charge in [0.2, 0.25) is 5.91 Å². The first kappa shape index (κ1) is 18.7. The third-order valence-corrected chi connectivity index (χ3v) is 3.68. The molecule has 2 rings (SSSR count). The van der Waals surface area contributed by atoms with Gasteiger partial charge in [-0.3, -0.25) is 4.79 Å². The molecule has 22 heavy (non-hydrogen) atoms. The smallest absolute Gasteiger partial charge is 0.236 e. The van der Waals surface area contributed by atoms with Crippen molar-refractivity contribution in [3.05, 3.63) is 29.8 Å². The average molecular weight is 329 g/mol. The van der Waals surface area contributed by atoms with Crippen LogP contribution in [0, 0.1) is 0 Å². The number of methoxy groups -OCH3 is 1. The van der Waals surface area contributed by atoms with Crippen molar-refractivity contribution in [2.24, 2.45) is 0 Å². The zero-order valence-electron chi connectivity index (χ0n) is 13.2. The van der Waals surface area contributed by atoms with Gasteiger partial charge in [0.05, 0.1) is 19.8 Å². The van der Waals surface area contributed by atoms with E-state index in [4.69, 9.17) is 9.47 Å². The summed E-state index contributed by atoms with van der Waals surface area (Å²) in [5, 5.41) is 3.18. The molecular formula is C16H25ClN2O3. The van der Waals surface area contributed by atoms with Crippen LogP contribution in [0.25, 0.3) is 0 Å². The van der Waals surface area contributed by atoms with Gasteiger partial charge < -0.3 is 19.7 Å². The van der Waals surface area contributed by atoms with Crippen LogP contribution in [0.5, 0.6) is 5.75 Å². The van der Waals surface area contributed by atoms with Gasteiger partial charge in [-0.25, -0.2) is 0 Å². The topological polar surface area (TPSA) is 50.8 Å². The molecule has 0 aromatic heterocycles. The lowest BCUT2D eigenvalue weighted by atomic mass is 10.2. The van der Waals surface area contributed by atoms with Crippen molar-refractivity contribution in [3.8, 4) is 5.75 Å². The highest BCUT2D eigenvalue weighted by molar-refractivity contribution is 5.85. The minimum atomic E-state index is 0. The maximum absolute atomic E-state index is 12.0. The molecule has 6 heteroatoms. The Morgan fingerprint density at radius 3 is 2.73 bits per heavy atom. The molecule has 1 aliphatic rings. The Bertz CT molecular complexity index is 447. The number of carbonyl (C=O) groups is 1. The molecule has 1 saturated heterocycles. The van der Waals surface area contributed by atoms with Gasteiger partial charge in [0, 0.05) is 26.7 Å². The minimum Gasteiger partial charge on any atom is -0.497 e. The molecule has 1 fully saturated rings. The van der Waals surface area contributed by atoms with Crippen LogP contribution in [0.4, 0.5) is 0 Å². The van der Waals surface area contributed by atoms with E-state index < -0.39 is 0 Å². The molecular weight excluding hydrogens is 304 g/mol. The van der Waals surface area contributed by atoms with E-state index in [2.05, 4.69) is 5.32 Å². The fraction of sp³-hybridized carbons (Fsp3) is 0.562. The first-order valence-electron chi connectivity index (χ1n) is 7.38. The fourth-order valence-corrected chi connectivity index (χ4v) is 2.37. The van der Waals surface area contributed by atoms with Gasteiger partial charge in [-0.15, -0.1) is 12.4 Å². The number of nitrogens with zero attached hydrogens (tertiary/aromatic N) is 1. The molecule has 1 heterocycles. The first-order valence-corrected chi connectivity index (χ1v) is 7.38. The molecule has 5 nitrogen and oxygen atoms in total. The molecule has 0 spiro atoms. The van der Waals surface area contributed by atoms with Crippen LogP contribution in [0.2, 0.25) is 0 Å². The summed E-state index contributed by atoms with van der Waals surface area (Å²) >= 11 is 0. The Hall–Kier alpha value is -1.30. The highest BCUT2D eigenvalue weighted by atomic mass is 35.5. The van der Waals surface area contributed by atoms with E-state index >= 15 is 0 Å². The van der Waals surface area contributed by atoms with Crippen molar-refractivity contribution >= 4 is 18.3 Å². The fourth-order valence-electron chi connectivity index (χ4n) is 2.37. The molecule has 1 aromatic carbocycles. The third kappa shape index (κ3) is 5.83. The lowest BCUT2D eigenvalue weighted by molar-refractivity contribution is -0.129. The third-order valence-electron chi connectivity index (χ3n) is 3.68. The van der Waals surface area contributed by atoms with Crippen LogP contribution >= 0.6 is 12.4 Å². The Balaban J connectivity index is 0.00000242. The van der Waals surface area contributed by atoms with Crippen molar-refractivity contribution in [3.63, 3.8) is 0 Å². The van der Waals surface area contributed by atoms with Crippen LogP contribution in [-0.4, -0.2) is 50.8 Å². The van der Waals surface area contributed by atoms with Gasteiger partial charge in [-0.1, -0.05) is 12.1 Å². The molecule has 1 aliphatic heterocycles. The number of benzene rings is 1. The van der Waals surface area contributed by atoms with Crippen LogP contribution in [0.15, 0.2) is 24.3 Å². The number of hydrogen-bond donors (Lipinski definition) is 1. The Morgan fingerprint density at radius 1 is 1.41 bits per heavy atom. The van der Waals surface area contributed by atoms with Crippen molar-refractivity contribution in [2.75, 3.05) is 33.9 Å². The van der Waals surface area contributed by atoms with E-state index in [1.807, 2.05) is 31.3 Å². The summed E-state index contributed by atoms with van der Waals surface area (Å²) < 4.78 is 10.6. The number of carbonyl (C=O) groups excluding carboxylic acids is 1. The predicted octanol–water partition coefficient (Wildman–Crippen LogP) is 1.84. The Labute approximate surface area is 138 Å². The van der Waals surface area contributed by atoms with Crippen LogP contribution in [0.1, 0.15) is 18.4 Å². The Kier molecular flexibility index (Phi) is 8.24. The lowest BCUT2D eigenvalue weighted by Gasteiger charge is -2.18. The zero-order chi connectivity index (χ0) is 15.1. The quantitative estimate of drug-likeness (QED) is 0.830. The molecule has 1 atom stereocenters. The second-order valence-electron chi connectivity index (χ2n) is 5.36. The normalized spacial score (nSPS) is 16.9. The average Bonchev–Trinajstić information content (AvgIpc) is 3.01. The summed E-state index contributed by atoms with van der Waals surface area (Å²) in [6.45, 7) is 2.55. The van der Waals surface area contributed by atoms with E-state index in [1.54, 1.807) is 12.0 Å². The van der Waals surface area contributed by atoms with Gasteiger partial charge in [0.25, 0.3) is 0 Å². The van der Waals surface area contributed by atoms with E-state index in [0.717, 1.165) is 37.3 Å². The molecule has 0 radical (unpaired) electrons. The maximum atomic E-state index is 12.0. The van der Waals surface area contributed by atoms with Crippen molar-refractivity contribution in [1.29, 1.82) is 0 Å². The predicted molar refractivity (Wildman–Crippen MR) is 88.6 cm³/mol. The van der Waals surface area contributed by atoms with Gasteiger partial charge in [0.15, 0.2) is 0 Å². The van der Waals surface area contributed by atoms with Gasteiger partial charge >= 0.3 is 0 Å². The molecule has 124 valence electrons. The van der Waals surface area contributed by atoms with Gasteiger partial charge in [-0.2, -0.15) is 0 Å². The van der Waals surface area contributed by atoms with Gasteiger partial charge in [0.1, 0.15) is 5.75 Å². The second kappa shape index (κ2) is 9.66. The van der Waals surface area contributed by atoms with E-state index in [0.29, 0.717) is 13.1 Å². The zero-order valence-corrected chi connectivity index (χ0v) is 14.0. The Morgan fingerprint density at radius 2 is 2.14 bits per heavy atom. The summed E-state index contributed by atoms with van der Waals surface area (Å²) in [5.74, 6) is 0.912. The minimum absolute atomic E-state index is 0. The lowest BCUT2D eigenvalue weighted by Crippen LogP contribution is -2.38. The van der Waals surface area contributed by atoms with Crippen LogP contribution in [-0.2, 0) is 16.1 Å². The summed E-state index contributed by atoms with van der Waals surface area (Å²) in [5.41, 5.74) is 1.09. The maximum Gasteiger partial charge on any atom is 0.236 e. The number of nitrogens with one attached hydrogen (secondary N) is 1. The van der Waals surface area contributed by atoms with E-state index in [9.17, 15) is 4.79 Å². The molecule has 0 saturated carbocycles. The number of hydrogen-bond acceptors (Lipinski definition) is 4. The standard InChI is InChI=1S/C16H24N2O3.ClH/c1-18(12-13-5-7-14(20-2)8-6-13)16(19)11-17-10-15-4-3-9-21-15;/h5-8,15,17H,3-4,9-12H2,1-2H3;1H. The first-order chi connectivity index (χ1) is 10.2. The van der Waals surface area contributed by atoms with Crippen molar-refractivity contribution in [1.82, 2.24) is 10.2 Å². The van der Waals surface area contributed by atoms with Crippen molar-refractivity contribution in [2.45, 2.75) is 25.5 Å². The molecule has 0 aliphatic carbocycles. The highest BCUT2D eigenvalue weighted by Crippen LogP contribution is 2.13. The van der Waals surface area contributed by atoms with Crippen LogP contribution in [0.3, 0.4) is 0 Å². The number of amides is 1.